The molecule has 0 aromatic rings. The quantitative estimate of drug-likeness (QED) is 0.0363. The molecule has 0 saturated carbocycles. The molecule has 0 unspecified atom stereocenters. The fourth-order valence-electron chi connectivity index (χ4n) is 13.4. The molecule has 9 aliphatic rings. The van der Waals surface area contributed by atoms with Crippen molar-refractivity contribution in [3.63, 3.8) is 0 Å². The average molecular weight is 1560 g/mol. The van der Waals surface area contributed by atoms with Crippen molar-refractivity contribution < 1.29 is 228 Å². The molecule has 0 aromatic carbocycles. The van der Waals surface area contributed by atoms with Crippen LogP contribution in [0.15, 0.2) is 0 Å². The number of hydrogen-bond donors (Lipinski definition) is 29. The molecule has 9 rings (SSSR count). The van der Waals surface area contributed by atoms with Crippen molar-refractivity contribution >= 4 is 11.8 Å². The van der Waals surface area contributed by atoms with Crippen LogP contribution in [0.1, 0.15) is 13.8 Å². The van der Waals surface area contributed by atoms with E-state index < -0.39 is 348 Å². The van der Waals surface area contributed by atoms with Crippen molar-refractivity contribution in [1.29, 1.82) is 0 Å². The maximum absolute atomic E-state index is 12.9. The third kappa shape index (κ3) is 18.8. The third-order valence-electron chi connectivity index (χ3n) is 19.5. The lowest BCUT2D eigenvalue weighted by atomic mass is 9.94. The van der Waals surface area contributed by atoms with Gasteiger partial charge in [0.1, 0.15) is 220 Å². The predicted molar refractivity (Wildman–Crippen MR) is 320 cm³/mol. The van der Waals surface area contributed by atoms with E-state index in [0.29, 0.717) is 0 Å². The Morgan fingerprint density at radius 1 is 0.245 bits per heavy atom. The van der Waals surface area contributed by atoms with Crippen molar-refractivity contribution in [3.05, 3.63) is 0 Å². The number of carbonyl (C=O) groups excluding carboxylic acids is 2. The number of aliphatic hydroxyl groups is 27. The molecule has 45 atom stereocenters. The highest BCUT2D eigenvalue weighted by atomic mass is 16.8. The number of carbonyl (C=O) groups is 2. The maximum atomic E-state index is 12.9. The highest BCUT2D eigenvalue weighted by molar-refractivity contribution is 5.73. The normalized spacial score (nSPS) is 51.2. The monoisotopic (exact) mass is 1560 g/mol. The van der Waals surface area contributed by atoms with Gasteiger partial charge in [0.15, 0.2) is 56.6 Å². The van der Waals surface area contributed by atoms with Gasteiger partial charge >= 0.3 is 0 Å². The number of ether oxygens (including phenoxy) is 17. The van der Waals surface area contributed by atoms with Crippen molar-refractivity contribution in [3.8, 4) is 0 Å². The molecule has 9 aliphatic heterocycles. The SMILES string of the molecule is CC(=O)N[C@@H]1[C@@H](O)[C@H](O[C@@H]2O[C@H](CO)[C@@H](O[C@@H]3O[C@H](CO[C@H]4O[C@H](CO[C@H]5O[C@H](CO)[C@@H](O)[C@H](O)[C@@H]5O)[C@@H](O)[C@H](O)[C@@H]4O)[C@@H](O)[C@H](O[C@H]4O[C@H](CO[C@H]5O[C@H](CO)[C@@H](O)[C@H](O)[C@@H]5O)[C@@H](O)[C@H](O)[C@@H]4O[C@H]4O[C@H](CO)[C@@H](O)[C@H](O)[C@@H]4O[C@@H]4O[C@H](CO)[C@@H](O)[C@H](O)[C@@H]4O)[C@@H]3O)[C@H](O)[C@H]2NC(C)=O)[C@@H](CO)O[C@H]1O. The minimum absolute atomic E-state index is 0.788. The Labute approximate surface area is 598 Å². The summed E-state index contributed by atoms with van der Waals surface area (Å²) in [4.78, 5) is 25.1. The lowest BCUT2D eigenvalue weighted by molar-refractivity contribution is -0.409. The molecule has 0 spiro atoms. The number of aliphatic hydroxyl groups excluding tert-OH is 27. The zero-order valence-corrected chi connectivity index (χ0v) is 56.2. The summed E-state index contributed by atoms with van der Waals surface area (Å²) in [5, 5.41) is 301. The minimum Gasteiger partial charge on any atom is -0.394 e. The van der Waals surface area contributed by atoms with E-state index in [4.69, 9.17) is 80.5 Å². The summed E-state index contributed by atoms with van der Waals surface area (Å²) < 4.78 is 98.7. The van der Waals surface area contributed by atoms with Crippen LogP contribution in [0, 0.1) is 0 Å². The van der Waals surface area contributed by atoms with E-state index in [-0.39, 0.29) is 0 Å². The molecule has 2 amide bonds. The van der Waals surface area contributed by atoms with Crippen LogP contribution < -0.4 is 10.6 Å². The van der Waals surface area contributed by atoms with Gasteiger partial charge in [-0.2, -0.15) is 0 Å². The van der Waals surface area contributed by atoms with Crippen molar-refractivity contribution in [2.24, 2.45) is 0 Å². The van der Waals surface area contributed by atoms with Crippen molar-refractivity contribution in [2.45, 2.75) is 290 Å². The zero-order chi connectivity index (χ0) is 77.9. The molecule has 29 N–H and O–H groups in total. The molecule has 48 nitrogen and oxygen atoms in total. The van der Waals surface area contributed by atoms with E-state index >= 15 is 0 Å². The highest BCUT2D eigenvalue weighted by Crippen LogP contribution is 2.39. The van der Waals surface area contributed by atoms with Gasteiger partial charge in [0.25, 0.3) is 0 Å². The number of hydrogen-bond acceptors (Lipinski definition) is 46. The summed E-state index contributed by atoms with van der Waals surface area (Å²) in [5.41, 5.74) is 0. The molecular formula is C58H98N2O46. The minimum atomic E-state index is -2.61. The summed E-state index contributed by atoms with van der Waals surface area (Å²) in [7, 11) is 0. The van der Waals surface area contributed by atoms with Crippen molar-refractivity contribution in [2.75, 3.05) is 59.5 Å². The Morgan fingerprint density at radius 2 is 0.509 bits per heavy atom. The van der Waals surface area contributed by atoms with Gasteiger partial charge in [-0.3, -0.25) is 9.59 Å². The van der Waals surface area contributed by atoms with E-state index in [1.807, 2.05) is 0 Å². The van der Waals surface area contributed by atoms with Crippen LogP contribution in [0.2, 0.25) is 0 Å². The Balaban J connectivity index is 1.06. The maximum Gasteiger partial charge on any atom is 0.217 e. The molecule has 9 saturated heterocycles. The van der Waals surface area contributed by atoms with E-state index in [0.717, 1.165) is 13.8 Å². The first kappa shape index (κ1) is 87.2. The molecule has 106 heavy (non-hydrogen) atoms. The molecular weight excluding hydrogens is 1460 g/mol. The largest absolute Gasteiger partial charge is 0.394 e. The first-order valence-corrected chi connectivity index (χ1v) is 33.7. The van der Waals surface area contributed by atoms with E-state index in [2.05, 4.69) is 10.6 Å². The molecule has 9 fully saturated rings. The molecule has 616 valence electrons. The average Bonchev–Trinajstić information content (AvgIpc) is 0.747. The summed E-state index contributed by atoms with van der Waals surface area (Å²) in [6.07, 6.45) is -90.5. The van der Waals surface area contributed by atoms with Crippen LogP contribution in [-0.4, -0.2) is 485 Å². The van der Waals surface area contributed by atoms with Crippen molar-refractivity contribution in [1.82, 2.24) is 10.6 Å². The first-order chi connectivity index (χ1) is 50.1. The topological polar surface area (TPSA) is 761 Å². The Kier molecular flexibility index (Phi) is 31.1. The smallest absolute Gasteiger partial charge is 0.217 e. The van der Waals surface area contributed by atoms with Crippen LogP contribution in [0.5, 0.6) is 0 Å². The van der Waals surface area contributed by atoms with Gasteiger partial charge in [-0.25, -0.2) is 0 Å². The molecule has 0 aliphatic carbocycles. The van der Waals surface area contributed by atoms with Crippen LogP contribution >= 0.6 is 0 Å². The number of amides is 2. The predicted octanol–water partition coefficient (Wildman–Crippen LogP) is -20.3. The number of rotatable bonds is 27. The second kappa shape index (κ2) is 37.9. The second-order valence-electron chi connectivity index (χ2n) is 26.8. The van der Waals surface area contributed by atoms with Gasteiger partial charge in [-0.05, 0) is 0 Å². The van der Waals surface area contributed by atoms with Crippen LogP contribution in [0.3, 0.4) is 0 Å². The van der Waals surface area contributed by atoms with Gasteiger partial charge in [0.2, 0.25) is 11.8 Å². The Hall–Kier alpha value is -2.82. The fourth-order valence-corrected chi connectivity index (χ4v) is 13.4. The van der Waals surface area contributed by atoms with Gasteiger partial charge in [-0.15, -0.1) is 0 Å². The molecule has 48 heteroatoms. The van der Waals surface area contributed by atoms with Gasteiger partial charge in [-0.1, -0.05) is 0 Å². The van der Waals surface area contributed by atoms with E-state index in [1.54, 1.807) is 0 Å². The van der Waals surface area contributed by atoms with Crippen LogP contribution in [0.4, 0.5) is 0 Å². The molecule has 0 aromatic heterocycles. The highest BCUT2D eigenvalue weighted by Gasteiger charge is 2.60. The standard InChI is InChI=1S/C58H98N2O46/c1-12(67)59-23-32(76)45(18(7-65)93-50(23)89)102-51-24(60-13(2)68)33(77)46(19(8-66)98-51)103-56-44(88)47(31(75)22(100-56)11-92-54-42(86)37(81)29(73)20(99-54)9-90-52-40(84)34(78)25(69)14(3-61)94-52)104-58-49(39(83)30(74)21(101-58)10-91-53-41(85)35(79)26(70)15(4-62)95-53)106-57-48(38(82)28(72)17(6-64)97-57)105-55-43(87)36(80)27(71)16(5-63)96-55/h14-58,61-66,69-89H,3-11H2,1-2H3,(H,59,67)(H,60,68)/t14-,15-,16-,17-,18-,19-,20-,21-,22-,23-,24-,25-,26-,27-,28-,29-,30-,31-,32-,33-,34+,35+,36+,37+,38+,39+,40+,41+,42+,43+,44+,45-,46-,47+,48+,49+,50-,51+,52+,53+,54+,55+,56+,57-,58-/m1/s1. The third-order valence-corrected chi connectivity index (χ3v) is 19.5. The summed E-state index contributed by atoms with van der Waals surface area (Å²) in [6.45, 7) is -7.45. The van der Waals surface area contributed by atoms with Gasteiger partial charge in [0, 0.05) is 13.8 Å². The summed E-state index contributed by atoms with van der Waals surface area (Å²) in [5.74, 6) is -1.73. The molecule has 0 radical (unpaired) electrons. The Morgan fingerprint density at radius 3 is 0.934 bits per heavy atom. The number of nitrogens with one attached hydrogen (secondary N) is 2. The van der Waals surface area contributed by atoms with Gasteiger partial charge in [0.05, 0.1) is 59.5 Å². The van der Waals surface area contributed by atoms with Gasteiger partial charge < -0.3 is 229 Å². The first-order valence-electron chi connectivity index (χ1n) is 33.7. The van der Waals surface area contributed by atoms with E-state index in [1.165, 1.54) is 0 Å². The second-order valence-corrected chi connectivity index (χ2v) is 26.8. The molecule has 9 heterocycles. The zero-order valence-electron chi connectivity index (χ0n) is 56.2. The lowest BCUT2D eigenvalue weighted by Crippen LogP contribution is -2.70. The van der Waals surface area contributed by atoms with Crippen LogP contribution in [0.25, 0.3) is 0 Å². The lowest BCUT2D eigenvalue weighted by Gasteiger charge is -2.51. The molecule has 0 bridgehead atoms. The van der Waals surface area contributed by atoms with Crippen LogP contribution in [-0.2, 0) is 90.1 Å². The Bertz CT molecular complexity index is 2710. The fraction of sp³-hybridized carbons (Fsp3) is 0.966. The van der Waals surface area contributed by atoms with E-state index in [9.17, 15) is 147 Å². The summed E-state index contributed by atoms with van der Waals surface area (Å²) >= 11 is 0. The summed E-state index contributed by atoms with van der Waals surface area (Å²) in [6, 6.07) is -3.57.